The van der Waals surface area contributed by atoms with Gasteiger partial charge in [0, 0.05) is 17.3 Å². The molecule has 10 heteroatoms. The van der Waals surface area contributed by atoms with Crippen molar-refractivity contribution in [2.75, 3.05) is 30.4 Å². The lowest BCUT2D eigenvalue weighted by Crippen LogP contribution is -2.38. The summed E-state index contributed by atoms with van der Waals surface area (Å²) in [6, 6.07) is 18.3. The Labute approximate surface area is 191 Å². The Hall–Kier alpha value is -4.05. The van der Waals surface area contributed by atoms with Gasteiger partial charge in [0.25, 0.3) is 10.0 Å². The zero-order valence-corrected chi connectivity index (χ0v) is 18.8. The van der Waals surface area contributed by atoms with Crippen LogP contribution in [-0.4, -0.2) is 41.0 Å². The van der Waals surface area contributed by atoms with E-state index < -0.39 is 28.4 Å². The lowest BCUT2D eigenvalue weighted by atomic mass is 10.2. The van der Waals surface area contributed by atoms with Crippen LogP contribution in [0, 0.1) is 0 Å². The highest BCUT2D eigenvalue weighted by atomic mass is 32.2. The van der Waals surface area contributed by atoms with E-state index in [1.54, 1.807) is 24.3 Å². The average molecular weight is 470 g/mol. The van der Waals surface area contributed by atoms with E-state index in [0.29, 0.717) is 11.4 Å². The van der Waals surface area contributed by atoms with Crippen LogP contribution in [0.5, 0.6) is 11.5 Å². The van der Waals surface area contributed by atoms with E-state index in [1.165, 1.54) is 62.8 Å². The van der Waals surface area contributed by atoms with Crippen molar-refractivity contribution in [3.05, 3.63) is 78.4 Å². The highest BCUT2D eigenvalue weighted by molar-refractivity contribution is 7.92. The number of carbonyl (C=O) groups is 2. The first-order valence-corrected chi connectivity index (χ1v) is 11.2. The molecule has 0 saturated heterocycles. The van der Waals surface area contributed by atoms with E-state index in [0.717, 1.165) is 4.31 Å². The first kappa shape index (κ1) is 23.6. The second-order valence-corrected chi connectivity index (χ2v) is 8.71. The van der Waals surface area contributed by atoms with Gasteiger partial charge in [-0.1, -0.05) is 18.2 Å². The van der Waals surface area contributed by atoms with E-state index >= 15 is 0 Å². The summed E-state index contributed by atoms with van der Waals surface area (Å²) in [5.74, 6) is -0.516. The molecule has 0 fully saturated rings. The lowest BCUT2D eigenvalue weighted by Gasteiger charge is -2.26. The van der Waals surface area contributed by atoms with E-state index in [1.807, 2.05) is 0 Å². The fourth-order valence-corrected chi connectivity index (χ4v) is 4.51. The number of carbonyl (C=O) groups excluding carboxylic acids is 2. The first-order chi connectivity index (χ1) is 15.8. The van der Waals surface area contributed by atoms with Crippen LogP contribution in [0.15, 0.2) is 77.7 Å². The van der Waals surface area contributed by atoms with Gasteiger partial charge < -0.3 is 20.5 Å². The fraction of sp³-hybridized carbons (Fsp3) is 0.130. The zero-order chi connectivity index (χ0) is 24.0. The number of nitrogens with zero attached hydrogens (tertiary/aromatic N) is 1. The minimum absolute atomic E-state index is 0.0153. The molecular weight excluding hydrogens is 446 g/mol. The number of hydrogen-bond acceptors (Lipinski definition) is 6. The van der Waals surface area contributed by atoms with Gasteiger partial charge in [0.15, 0.2) is 0 Å². The van der Waals surface area contributed by atoms with Crippen LogP contribution in [-0.2, 0) is 14.8 Å². The zero-order valence-electron chi connectivity index (χ0n) is 18.0. The number of ether oxygens (including phenoxy) is 2. The Bertz CT molecular complexity index is 1240. The molecule has 0 atom stereocenters. The van der Waals surface area contributed by atoms with Crippen molar-refractivity contribution in [3.8, 4) is 11.5 Å². The molecule has 0 aliphatic heterocycles. The Morgan fingerprint density at radius 3 is 2.18 bits per heavy atom. The number of nitrogens with two attached hydrogens (primary N) is 1. The molecule has 0 aliphatic carbocycles. The summed E-state index contributed by atoms with van der Waals surface area (Å²) in [4.78, 5) is 24.1. The molecule has 0 saturated carbocycles. The molecule has 3 aromatic carbocycles. The molecule has 0 unspecified atom stereocenters. The summed E-state index contributed by atoms with van der Waals surface area (Å²) in [7, 11) is -1.25. The number of benzene rings is 3. The molecule has 9 nitrogen and oxygen atoms in total. The predicted molar refractivity (Wildman–Crippen MR) is 124 cm³/mol. The number of amides is 2. The van der Waals surface area contributed by atoms with Gasteiger partial charge in [-0.3, -0.25) is 13.9 Å². The maximum absolute atomic E-state index is 13.5. The number of primary amides is 1. The van der Waals surface area contributed by atoms with Crippen LogP contribution in [0.4, 0.5) is 11.4 Å². The maximum atomic E-state index is 13.5. The molecule has 3 N–H and O–H groups in total. The van der Waals surface area contributed by atoms with Gasteiger partial charge in [0.05, 0.1) is 24.8 Å². The summed E-state index contributed by atoms with van der Waals surface area (Å²) in [6.45, 7) is -0.530. The Balaban J connectivity index is 1.97. The molecule has 3 aromatic rings. The third kappa shape index (κ3) is 5.42. The molecule has 0 radical (unpaired) electrons. The summed E-state index contributed by atoms with van der Waals surface area (Å²) >= 11 is 0. The SMILES string of the molecule is COc1ccc(N(CC(=O)Nc2ccc(C(N)=O)cc2)S(=O)(=O)c2ccccc2)c(OC)c1. The van der Waals surface area contributed by atoms with E-state index in [4.69, 9.17) is 15.2 Å². The monoisotopic (exact) mass is 469 g/mol. The molecule has 0 bridgehead atoms. The van der Waals surface area contributed by atoms with Crippen LogP contribution in [0.3, 0.4) is 0 Å². The Kier molecular flexibility index (Phi) is 7.19. The van der Waals surface area contributed by atoms with E-state index in [2.05, 4.69) is 5.32 Å². The van der Waals surface area contributed by atoms with Crippen LogP contribution in [0.1, 0.15) is 10.4 Å². The van der Waals surface area contributed by atoms with Gasteiger partial charge in [0.1, 0.15) is 18.0 Å². The number of rotatable bonds is 9. The summed E-state index contributed by atoms with van der Waals surface area (Å²) in [5, 5.41) is 2.63. The minimum atomic E-state index is -4.12. The Morgan fingerprint density at radius 1 is 0.939 bits per heavy atom. The number of methoxy groups -OCH3 is 2. The van der Waals surface area contributed by atoms with Crippen molar-refractivity contribution >= 4 is 33.2 Å². The summed E-state index contributed by atoms with van der Waals surface area (Å²) in [6.07, 6.45) is 0. The molecule has 2 amide bonds. The molecule has 172 valence electrons. The molecule has 0 aromatic heterocycles. The normalized spacial score (nSPS) is 10.8. The van der Waals surface area contributed by atoms with Crippen LogP contribution >= 0.6 is 0 Å². The third-order valence-corrected chi connectivity index (χ3v) is 6.50. The van der Waals surface area contributed by atoms with Crippen LogP contribution in [0.25, 0.3) is 0 Å². The van der Waals surface area contributed by atoms with Gasteiger partial charge in [-0.15, -0.1) is 0 Å². The third-order valence-electron chi connectivity index (χ3n) is 4.73. The van der Waals surface area contributed by atoms with Crippen molar-refractivity contribution < 1.29 is 27.5 Å². The molecular formula is C23H23N3O6S. The van der Waals surface area contributed by atoms with Gasteiger partial charge in [-0.2, -0.15) is 0 Å². The van der Waals surface area contributed by atoms with Crippen molar-refractivity contribution in [1.82, 2.24) is 0 Å². The number of nitrogens with one attached hydrogen (secondary N) is 1. The van der Waals surface area contributed by atoms with Crippen LogP contribution in [0.2, 0.25) is 0 Å². The standard InChI is InChI=1S/C23H23N3O6S/c1-31-18-12-13-20(21(14-18)32-2)26(33(29,30)19-6-4-3-5-7-19)15-22(27)25-17-10-8-16(9-11-17)23(24)28/h3-14H,15H2,1-2H3,(H2,24,28)(H,25,27). The van der Waals surface area contributed by atoms with Crippen molar-refractivity contribution in [2.45, 2.75) is 4.90 Å². The van der Waals surface area contributed by atoms with Gasteiger partial charge >= 0.3 is 0 Å². The topological polar surface area (TPSA) is 128 Å². The highest BCUT2D eigenvalue weighted by Crippen LogP contribution is 2.35. The van der Waals surface area contributed by atoms with E-state index in [-0.39, 0.29) is 21.9 Å². The smallest absolute Gasteiger partial charge is 0.264 e. The van der Waals surface area contributed by atoms with Gasteiger partial charge in [-0.05, 0) is 48.5 Å². The first-order valence-electron chi connectivity index (χ1n) is 9.76. The van der Waals surface area contributed by atoms with Crippen molar-refractivity contribution in [2.24, 2.45) is 5.73 Å². The maximum Gasteiger partial charge on any atom is 0.264 e. The fourth-order valence-electron chi connectivity index (χ4n) is 3.06. The van der Waals surface area contributed by atoms with E-state index in [9.17, 15) is 18.0 Å². The summed E-state index contributed by atoms with van der Waals surface area (Å²) in [5.41, 5.74) is 6.05. The van der Waals surface area contributed by atoms with Gasteiger partial charge in [-0.25, -0.2) is 8.42 Å². The highest BCUT2D eigenvalue weighted by Gasteiger charge is 2.29. The quantitative estimate of drug-likeness (QED) is 0.496. The summed E-state index contributed by atoms with van der Waals surface area (Å²) < 4.78 is 38.5. The molecule has 0 spiro atoms. The molecule has 0 heterocycles. The number of sulfonamides is 1. The molecule has 3 rings (SSSR count). The second-order valence-electron chi connectivity index (χ2n) is 6.85. The molecule has 33 heavy (non-hydrogen) atoms. The predicted octanol–water partition coefficient (Wildman–Crippen LogP) is 2.64. The Morgan fingerprint density at radius 2 is 1.61 bits per heavy atom. The second kappa shape index (κ2) is 10.0. The van der Waals surface area contributed by atoms with Crippen molar-refractivity contribution in [1.29, 1.82) is 0 Å². The van der Waals surface area contributed by atoms with Gasteiger partial charge in [0.2, 0.25) is 11.8 Å². The van der Waals surface area contributed by atoms with Crippen LogP contribution < -0.4 is 24.8 Å². The minimum Gasteiger partial charge on any atom is -0.497 e. The number of hydrogen-bond donors (Lipinski definition) is 2. The average Bonchev–Trinajstić information content (AvgIpc) is 2.83. The lowest BCUT2D eigenvalue weighted by molar-refractivity contribution is -0.114. The van der Waals surface area contributed by atoms with Crippen molar-refractivity contribution in [3.63, 3.8) is 0 Å². The largest absolute Gasteiger partial charge is 0.497 e. The number of anilines is 2. The molecule has 0 aliphatic rings.